The van der Waals surface area contributed by atoms with Crippen molar-refractivity contribution in [3.63, 3.8) is 0 Å². The molecule has 1 heterocycles. The van der Waals surface area contributed by atoms with Crippen molar-refractivity contribution in [3.05, 3.63) is 23.3 Å². The van der Waals surface area contributed by atoms with E-state index < -0.39 is 0 Å². The molecule has 4 rings (SSSR count). The number of aliphatic hydroxyl groups is 1. The van der Waals surface area contributed by atoms with Gasteiger partial charge in [0.1, 0.15) is 0 Å². The Bertz CT molecular complexity index is 821. The lowest BCUT2D eigenvalue weighted by Gasteiger charge is -2.55. The Hall–Kier alpha value is -1.22. The summed E-state index contributed by atoms with van der Waals surface area (Å²) in [5, 5.41) is 10.3. The molecule has 0 aromatic rings. The lowest BCUT2D eigenvalue weighted by molar-refractivity contribution is -0.121. The SMILES string of the molecule is C=C(CC[C@@H](C)[C@H]1CC(=O)N=C2C3=C(CC[C@@]21C)[C@@]1(C)CC[C@H](O)C[C@@H]1CC3)C(C)C. The van der Waals surface area contributed by atoms with Crippen molar-refractivity contribution in [3.8, 4) is 0 Å². The highest BCUT2D eigenvalue weighted by molar-refractivity contribution is 6.12. The van der Waals surface area contributed by atoms with Crippen LogP contribution in [-0.4, -0.2) is 22.8 Å². The Labute approximate surface area is 189 Å². The van der Waals surface area contributed by atoms with Crippen LogP contribution < -0.4 is 0 Å². The van der Waals surface area contributed by atoms with E-state index in [-0.39, 0.29) is 22.8 Å². The Balaban J connectivity index is 1.63. The maximum absolute atomic E-state index is 12.8. The van der Waals surface area contributed by atoms with Crippen molar-refractivity contribution in [2.75, 3.05) is 0 Å². The first-order valence-corrected chi connectivity index (χ1v) is 12.8. The molecule has 0 radical (unpaired) electrons. The third kappa shape index (κ3) is 3.90. The smallest absolute Gasteiger partial charge is 0.246 e. The van der Waals surface area contributed by atoms with Crippen LogP contribution in [0.4, 0.5) is 0 Å². The Kier molecular flexibility index (Phi) is 6.13. The number of allylic oxidation sites excluding steroid dienone is 3. The summed E-state index contributed by atoms with van der Waals surface area (Å²) in [5.74, 6) is 2.07. The fourth-order valence-electron chi connectivity index (χ4n) is 7.44. The van der Waals surface area contributed by atoms with Crippen LogP contribution in [0.25, 0.3) is 0 Å². The Morgan fingerprint density at radius 2 is 1.90 bits per heavy atom. The van der Waals surface area contributed by atoms with E-state index >= 15 is 0 Å². The number of carbonyl (C=O) groups excluding carboxylic acids is 1. The summed E-state index contributed by atoms with van der Waals surface area (Å²) in [6.45, 7) is 15.9. The average Bonchev–Trinajstić information content (AvgIpc) is 2.72. The lowest BCUT2D eigenvalue weighted by atomic mass is 9.50. The van der Waals surface area contributed by atoms with Gasteiger partial charge in [0, 0.05) is 11.8 Å². The highest BCUT2D eigenvalue weighted by Gasteiger charge is 2.54. The molecule has 3 nitrogen and oxygen atoms in total. The molecule has 1 aliphatic heterocycles. The number of nitrogens with zero attached hydrogens (tertiary/aromatic N) is 1. The number of aliphatic hydroxyl groups excluding tert-OH is 1. The molecule has 1 amide bonds. The topological polar surface area (TPSA) is 49.7 Å². The first kappa shape index (κ1) is 23.0. The molecule has 172 valence electrons. The van der Waals surface area contributed by atoms with E-state index in [1.807, 2.05) is 0 Å². The second-order valence-electron chi connectivity index (χ2n) is 11.9. The van der Waals surface area contributed by atoms with Gasteiger partial charge < -0.3 is 5.11 Å². The van der Waals surface area contributed by atoms with Crippen LogP contribution in [0.3, 0.4) is 0 Å². The largest absolute Gasteiger partial charge is 0.393 e. The molecule has 4 aliphatic rings. The summed E-state index contributed by atoms with van der Waals surface area (Å²) >= 11 is 0. The van der Waals surface area contributed by atoms with Gasteiger partial charge in [-0.1, -0.05) is 52.3 Å². The van der Waals surface area contributed by atoms with E-state index in [2.05, 4.69) is 41.2 Å². The second-order valence-corrected chi connectivity index (χ2v) is 11.9. The molecule has 3 heteroatoms. The van der Waals surface area contributed by atoms with E-state index in [0.29, 0.717) is 30.1 Å². The van der Waals surface area contributed by atoms with Gasteiger partial charge in [0.15, 0.2) is 0 Å². The van der Waals surface area contributed by atoms with Crippen molar-refractivity contribution in [2.24, 2.45) is 39.5 Å². The summed E-state index contributed by atoms with van der Waals surface area (Å²) in [6.07, 6.45) is 9.99. The Morgan fingerprint density at radius 1 is 1.16 bits per heavy atom. The van der Waals surface area contributed by atoms with Crippen LogP contribution in [-0.2, 0) is 4.79 Å². The number of rotatable bonds is 5. The van der Waals surface area contributed by atoms with Gasteiger partial charge in [-0.15, -0.1) is 0 Å². The predicted molar refractivity (Wildman–Crippen MR) is 128 cm³/mol. The minimum atomic E-state index is -0.131. The number of hydrogen-bond acceptors (Lipinski definition) is 2. The molecule has 0 saturated heterocycles. The standard InChI is InChI=1S/C28H43NO2/c1-17(2)18(3)7-8-19(4)24-16-25(31)29-26-22-10-9-20-15-21(30)11-13-27(20,5)23(22)12-14-28(24,26)6/h17,19-21,24,30H,3,7-16H2,1-2,4-6H3/t19-,20+,21+,24-,27+,28-/m1/s1. The van der Waals surface area contributed by atoms with E-state index in [1.165, 1.54) is 11.1 Å². The monoisotopic (exact) mass is 425 g/mol. The fraction of sp³-hybridized carbons (Fsp3) is 0.786. The van der Waals surface area contributed by atoms with Crippen molar-refractivity contribution >= 4 is 11.6 Å². The molecule has 31 heavy (non-hydrogen) atoms. The normalized spacial score (nSPS) is 38.9. The molecular weight excluding hydrogens is 382 g/mol. The summed E-state index contributed by atoms with van der Waals surface area (Å²) < 4.78 is 0. The molecular formula is C28H43NO2. The first-order valence-electron chi connectivity index (χ1n) is 12.8. The number of carbonyl (C=O) groups is 1. The van der Waals surface area contributed by atoms with Crippen molar-refractivity contribution in [1.82, 2.24) is 0 Å². The molecule has 0 aromatic carbocycles. The van der Waals surface area contributed by atoms with E-state index in [9.17, 15) is 9.90 Å². The van der Waals surface area contributed by atoms with Crippen molar-refractivity contribution in [1.29, 1.82) is 0 Å². The summed E-state index contributed by atoms with van der Waals surface area (Å²) in [6, 6.07) is 0. The van der Waals surface area contributed by atoms with E-state index in [4.69, 9.17) is 4.99 Å². The van der Waals surface area contributed by atoms with Crippen molar-refractivity contribution in [2.45, 2.75) is 105 Å². The summed E-state index contributed by atoms with van der Waals surface area (Å²) in [7, 11) is 0. The van der Waals surface area contributed by atoms with Gasteiger partial charge in [0.05, 0.1) is 11.8 Å². The van der Waals surface area contributed by atoms with Gasteiger partial charge in [-0.3, -0.25) is 4.79 Å². The molecule has 1 N–H and O–H groups in total. The van der Waals surface area contributed by atoms with Crippen LogP contribution >= 0.6 is 0 Å². The maximum atomic E-state index is 12.8. The minimum absolute atomic E-state index is 0.0166. The first-order chi connectivity index (χ1) is 14.6. The highest BCUT2D eigenvalue weighted by Crippen LogP contribution is 2.60. The molecule has 0 spiro atoms. The van der Waals surface area contributed by atoms with Gasteiger partial charge >= 0.3 is 0 Å². The molecule has 0 unspecified atom stereocenters. The van der Waals surface area contributed by atoms with Crippen LogP contribution in [0.15, 0.2) is 28.3 Å². The van der Waals surface area contributed by atoms with Crippen LogP contribution in [0.2, 0.25) is 0 Å². The van der Waals surface area contributed by atoms with Gasteiger partial charge in [-0.2, -0.15) is 0 Å². The fourth-order valence-corrected chi connectivity index (χ4v) is 7.44. The average molecular weight is 426 g/mol. The zero-order valence-corrected chi connectivity index (χ0v) is 20.5. The van der Waals surface area contributed by atoms with Crippen LogP contribution in [0, 0.1) is 34.5 Å². The number of fused-ring (bicyclic) bond motifs is 4. The van der Waals surface area contributed by atoms with Gasteiger partial charge in [0.2, 0.25) is 5.91 Å². The lowest BCUT2D eigenvalue weighted by Crippen LogP contribution is -2.50. The molecule has 0 bridgehead atoms. The van der Waals surface area contributed by atoms with E-state index in [1.54, 1.807) is 5.57 Å². The quantitative estimate of drug-likeness (QED) is 0.501. The highest BCUT2D eigenvalue weighted by atomic mass is 16.3. The molecule has 1 fully saturated rings. The predicted octanol–water partition coefficient (Wildman–Crippen LogP) is 6.66. The zero-order valence-electron chi connectivity index (χ0n) is 20.5. The molecule has 6 atom stereocenters. The molecule has 3 aliphatic carbocycles. The van der Waals surface area contributed by atoms with Gasteiger partial charge in [-0.25, -0.2) is 4.99 Å². The third-order valence-corrected chi connectivity index (χ3v) is 9.85. The Morgan fingerprint density at radius 3 is 2.61 bits per heavy atom. The second kappa shape index (κ2) is 8.28. The maximum Gasteiger partial charge on any atom is 0.246 e. The summed E-state index contributed by atoms with van der Waals surface area (Å²) in [5.41, 5.74) is 5.69. The van der Waals surface area contributed by atoms with Crippen LogP contribution in [0.1, 0.15) is 98.8 Å². The van der Waals surface area contributed by atoms with Gasteiger partial charge in [-0.05, 0) is 92.4 Å². The number of aliphatic imine (C=N–C) groups is 1. The zero-order chi connectivity index (χ0) is 22.6. The molecule has 0 aromatic heterocycles. The number of hydrogen-bond donors (Lipinski definition) is 1. The third-order valence-electron chi connectivity index (χ3n) is 9.85. The van der Waals surface area contributed by atoms with Gasteiger partial charge in [0.25, 0.3) is 0 Å². The minimum Gasteiger partial charge on any atom is -0.393 e. The molecule has 1 saturated carbocycles. The van der Waals surface area contributed by atoms with Crippen LogP contribution in [0.5, 0.6) is 0 Å². The number of amides is 1. The van der Waals surface area contributed by atoms with E-state index in [0.717, 1.165) is 63.5 Å². The summed E-state index contributed by atoms with van der Waals surface area (Å²) in [4.78, 5) is 17.6. The van der Waals surface area contributed by atoms with Crippen molar-refractivity contribution < 1.29 is 9.90 Å².